The number of carbonyl (C=O) groups excluding carboxylic acids is 1. The Morgan fingerprint density at radius 2 is 1.82 bits per heavy atom. The van der Waals surface area contributed by atoms with E-state index in [2.05, 4.69) is 9.71 Å². The van der Waals surface area contributed by atoms with Gasteiger partial charge in [-0.25, -0.2) is 18.1 Å². The molecule has 0 spiro atoms. The fourth-order valence-corrected chi connectivity index (χ4v) is 5.51. The third-order valence-corrected chi connectivity index (χ3v) is 6.96. The molecule has 1 N–H and O–H groups in total. The van der Waals surface area contributed by atoms with Crippen molar-refractivity contribution in [1.82, 2.24) is 9.71 Å². The predicted octanol–water partition coefficient (Wildman–Crippen LogP) is 3.63. The minimum absolute atomic E-state index is 0.0201. The van der Waals surface area contributed by atoms with Crippen molar-refractivity contribution in [1.29, 1.82) is 0 Å². The number of aromatic nitrogens is 1. The molecule has 0 bridgehead atoms. The molecule has 1 aromatic heterocycles. The topological polar surface area (TPSA) is 85.4 Å². The van der Waals surface area contributed by atoms with Gasteiger partial charge in [-0.3, -0.25) is 4.79 Å². The maximum Gasteiger partial charge on any atom is 0.307 e. The van der Waals surface area contributed by atoms with Crippen LogP contribution >= 0.6 is 11.3 Å². The van der Waals surface area contributed by atoms with Crippen molar-refractivity contribution in [3.63, 3.8) is 0 Å². The fraction of sp³-hybridized carbons (Fsp3) is 0.300. The molecule has 0 radical (unpaired) electrons. The standard InChI is InChI=1S/C20H22N2O4S2/c1-13-10-14(2)20(15(3)11-13)28(24,25)21-9-8-19(23)26-12-18-22-16-6-4-5-7-17(16)27-18/h4-7,10-11,21H,8-9,12H2,1-3H3. The molecule has 3 rings (SSSR count). The average molecular weight is 419 g/mol. The Morgan fingerprint density at radius 1 is 1.14 bits per heavy atom. The van der Waals surface area contributed by atoms with Gasteiger partial charge in [-0.2, -0.15) is 0 Å². The molecule has 0 aliphatic heterocycles. The Morgan fingerprint density at radius 3 is 2.50 bits per heavy atom. The summed E-state index contributed by atoms with van der Waals surface area (Å²) in [5.74, 6) is -0.473. The highest BCUT2D eigenvalue weighted by atomic mass is 32.2. The monoisotopic (exact) mass is 418 g/mol. The van der Waals surface area contributed by atoms with Gasteiger partial charge in [0.25, 0.3) is 0 Å². The van der Waals surface area contributed by atoms with Crippen LogP contribution in [0.2, 0.25) is 0 Å². The van der Waals surface area contributed by atoms with Gasteiger partial charge in [-0.05, 0) is 44.0 Å². The Balaban J connectivity index is 1.53. The first-order chi connectivity index (χ1) is 13.3. The van der Waals surface area contributed by atoms with Crippen molar-refractivity contribution < 1.29 is 17.9 Å². The molecule has 2 aromatic carbocycles. The zero-order valence-electron chi connectivity index (χ0n) is 16.0. The van der Waals surface area contributed by atoms with Crippen LogP contribution < -0.4 is 4.72 Å². The number of thiazole rings is 1. The zero-order chi connectivity index (χ0) is 20.3. The van der Waals surface area contributed by atoms with Crippen LogP contribution in [-0.4, -0.2) is 25.9 Å². The van der Waals surface area contributed by atoms with Crippen molar-refractivity contribution in [3.05, 3.63) is 58.1 Å². The van der Waals surface area contributed by atoms with Gasteiger partial charge in [-0.15, -0.1) is 11.3 Å². The number of hydrogen-bond donors (Lipinski definition) is 1. The van der Waals surface area contributed by atoms with Crippen molar-refractivity contribution in [2.24, 2.45) is 0 Å². The van der Waals surface area contributed by atoms with Gasteiger partial charge < -0.3 is 4.74 Å². The van der Waals surface area contributed by atoms with E-state index in [4.69, 9.17) is 4.74 Å². The summed E-state index contributed by atoms with van der Waals surface area (Å²) in [7, 11) is -3.69. The molecule has 0 aliphatic carbocycles. The van der Waals surface area contributed by atoms with Crippen LogP contribution in [0.25, 0.3) is 10.2 Å². The Hall–Kier alpha value is -2.29. The largest absolute Gasteiger partial charge is 0.458 e. The lowest BCUT2D eigenvalue weighted by atomic mass is 10.1. The third-order valence-electron chi connectivity index (χ3n) is 4.19. The predicted molar refractivity (Wildman–Crippen MR) is 110 cm³/mol. The molecule has 28 heavy (non-hydrogen) atoms. The highest BCUT2D eigenvalue weighted by molar-refractivity contribution is 7.89. The maximum atomic E-state index is 12.6. The number of carbonyl (C=O) groups is 1. The number of fused-ring (bicyclic) bond motifs is 1. The third kappa shape index (κ3) is 4.76. The molecule has 0 unspecified atom stereocenters. The summed E-state index contributed by atoms with van der Waals surface area (Å²) in [6.45, 7) is 5.52. The van der Waals surface area contributed by atoms with Gasteiger partial charge in [0.05, 0.1) is 21.5 Å². The van der Waals surface area contributed by atoms with E-state index in [1.54, 1.807) is 13.8 Å². The molecule has 0 saturated heterocycles. The number of benzene rings is 2. The van der Waals surface area contributed by atoms with Gasteiger partial charge in [-0.1, -0.05) is 29.8 Å². The van der Waals surface area contributed by atoms with E-state index < -0.39 is 16.0 Å². The van der Waals surface area contributed by atoms with Crippen LogP contribution in [0.4, 0.5) is 0 Å². The van der Waals surface area contributed by atoms with Gasteiger partial charge in [0, 0.05) is 6.54 Å². The molecule has 0 atom stereocenters. The van der Waals surface area contributed by atoms with Crippen LogP contribution in [0.5, 0.6) is 0 Å². The lowest BCUT2D eigenvalue weighted by Gasteiger charge is -2.13. The summed E-state index contributed by atoms with van der Waals surface area (Å²) >= 11 is 1.47. The summed E-state index contributed by atoms with van der Waals surface area (Å²) in [4.78, 5) is 16.6. The lowest BCUT2D eigenvalue weighted by molar-refractivity contribution is -0.144. The Labute approximate surface area is 168 Å². The SMILES string of the molecule is Cc1cc(C)c(S(=O)(=O)NCCC(=O)OCc2nc3ccccc3s2)c(C)c1. The van der Waals surface area contributed by atoms with Crippen LogP contribution in [0, 0.1) is 20.8 Å². The van der Waals surface area contributed by atoms with Crippen LogP contribution in [0.3, 0.4) is 0 Å². The number of rotatable bonds is 7. The van der Waals surface area contributed by atoms with Crippen LogP contribution in [0.15, 0.2) is 41.3 Å². The summed E-state index contributed by atoms with van der Waals surface area (Å²) in [6.07, 6.45) is -0.0475. The summed E-state index contributed by atoms with van der Waals surface area (Å²) < 4.78 is 33.9. The van der Waals surface area contributed by atoms with E-state index in [-0.39, 0.29) is 24.5 Å². The molecule has 0 amide bonds. The quantitative estimate of drug-likeness (QED) is 0.592. The molecule has 0 aliphatic rings. The minimum atomic E-state index is -3.69. The molecule has 8 heteroatoms. The van der Waals surface area contributed by atoms with E-state index >= 15 is 0 Å². The van der Waals surface area contributed by atoms with Crippen molar-refractivity contribution in [3.8, 4) is 0 Å². The van der Waals surface area contributed by atoms with Gasteiger partial charge in [0.1, 0.15) is 11.6 Å². The lowest BCUT2D eigenvalue weighted by Crippen LogP contribution is -2.28. The molecule has 6 nitrogen and oxygen atoms in total. The summed E-state index contributed by atoms with van der Waals surface area (Å²) in [6, 6.07) is 11.4. The smallest absolute Gasteiger partial charge is 0.307 e. The van der Waals surface area contributed by atoms with E-state index in [0.29, 0.717) is 16.1 Å². The van der Waals surface area contributed by atoms with E-state index in [1.165, 1.54) is 11.3 Å². The fourth-order valence-electron chi connectivity index (χ4n) is 3.15. The number of aryl methyl sites for hydroxylation is 3. The molecular formula is C20H22N2O4S2. The Kier molecular flexibility index (Phi) is 6.12. The van der Waals surface area contributed by atoms with Gasteiger partial charge in [0.15, 0.2) is 0 Å². The van der Waals surface area contributed by atoms with Crippen molar-refractivity contribution in [2.45, 2.75) is 38.7 Å². The molecule has 0 fully saturated rings. The number of para-hydroxylation sites is 1. The van der Waals surface area contributed by atoms with Crippen LogP contribution in [-0.2, 0) is 26.2 Å². The van der Waals surface area contributed by atoms with E-state index in [9.17, 15) is 13.2 Å². The first kappa shape index (κ1) is 20.4. The molecule has 0 saturated carbocycles. The summed E-state index contributed by atoms with van der Waals surface area (Å²) in [5, 5.41) is 0.709. The normalized spacial score (nSPS) is 11.7. The zero-order valence-corrected chi connectivity index (χ0v) is 17.6. The maximum absolute atomic E-state index is 12.6. The second-order valence-electron chi connectivity index (χ2n) is 6.61. The van der Waals surface area contributed by atoms with Crippen molar-refractivity contribution in [2.75, 3.05) is 6.54 Å². The highest BCUT2D eigenvalue weighted by Gasteiger charge is 2.20. The first-order valence-electron chi connectivity index (χ1n) is 8.84. The van der Waals surface area contributed by atoms with Crippen LogP contribution in [0.1, 0.15) is 28.1 Å². The second-order valence-corrected chi connectivity index (χ2v) is 9.43. The molecular weight excluding hydrogens is 396 g/mol. The number of ether oxygens (including phenoxy) is 1. The van der Waals surface area contributed by atoms with E-state index in [1.807, 2.05) is 43.3 Å². The second kappa shape index (κ2) is 8.38. The number of nitrogens with one attached hydrogen (secondary N) is 1. The first-order valence-corrected chi connectivity index (χ1v) is 11.1. The van der Waals surface area contributed by atoms with Gasteiger partial charge >= 0.3 is 5.97 Å². The van der Waals surface area contributed by atoms with Gasteiger partial charge in [0.2, 0.25) is 10.0 Å². The van der Waals surface area contributed by atoms with E-state index in [0.717, 1.165) is 15.8 Å². The highest BCUT2D eigenvalue weighted by Crippen LogP contribution is 2.23. The number of hydrogen-bond acceptors (Lipinski definition) is 6. The summed E-state index contributed by atoms with van der Waals surface area (Å²) in [5.41, 5.74) is 3.24. The Bertz CT molecular complexity index is 1060. The number of sulfonamides is 1. The molecule has 3 aromatic rings. The molecule has 1 heterocycles. The number of esters is 1. The molecule has 148 valence electrons. The minimum Gasteiger partial charge on any atom is -0.458 e. The number of nitrogens with zero attached hydrogens (tertiary/aromatic N) is 1. The van der Waals surface area contributed by atoms with Crippen molar-refractivity contribution >= 4 is 37.5 Å². The average Bonchev–Trinajstić information content (AvgIpc) is 3.01.